The first-order chi connectivity index (χ1) is 43.0. The minimum Gasteiger partial charge on any atom is -2.00 e. The molecule has 8 aromatic carbocycles. The zero-order chi connectivity index (χ0) is 68.5. The second kappa shape index (κ2) is 81.8. The largest absolute Gasteiger partial charge is 4.00 e. The number of rotatable bonds is 0. The Morgan fingerprint density at radius 3 is 0.242 bits per heavy atom. The van der Waals surface area contributed by atoms with Crippen molar-refractivity contribution in [3.8, 4) is 46.0 Å². The quantitative estimate of drug-likeness (QED) is 0.127. The summed E-state index contributed by atoms with van der Waals surface area (Å²) in [5, 5.41) is 210. The van der Waals surface area contributed by atoms with E-state index in [1.54, 1.807) is 146 Å². The molecule has 0 N–H and O–H groups in total. The fourth-order valence-electron chi connectivity index (χ4n) is 8.97. The molecular weight excluding hydrogens is 1540 g/mol. The van der Waals surface area contributed by atoms with Crippen LogP contribution < -0.4 is 102 Å². The molecule has 0 amide bonds. The van der Waals surface area contributed by atoms with Crippen molar-refractivity contribution in [2.45, 2.75) is 51.4 Å². The molecule has 1 aliphatic carbocycles. The van der Waals surface area contributed by atoms with E-state index in [0.717, 1.165) is 85.3 Å². The Morgan fingerprint density at radius 1 is 0.141 bits per heavy atom. The Morgan fingerprint density at radius 2 is 0.192 bits per heavy atom. The SMILES string of the molecule is C[O-].C[O-].C[O-].C[O-].C[O-].C[O-].C[O-].C[O-].C[O-].C[O-].C[O-].C[O-].[O-2].[O-2].[O-2].[O-2].[O-]c1c2cccc1Cc1cccc(c1[O-])Cc1cccc(c1[O-])Cc1cccc(c1[O-])Cc1cccc(c1[O-])Cc1cccc(c1[O-])Cc1cccc(c1[O-])Cc1cccc(c1[O-])C2.[Ti+4].[Ti+4].[Ti+4].[Ti+4].[Ti+4].[Ti+4].[Ti+4]. The van der Waals surface area contributed by atoms with Crippen molar-refractivity contribution in [2.75, 3.05) is 85.3 Å². The van der Waals surface area contributed by atoms with E-state index in [2.05, 4.69) is 0 Å². The summed E-state index contributed by atoms with van der Waals surface area (Å²) in [7, 11) is 9.00. The van der Waals surface area contributed by atoms with Gasteiger partial charge >= 0.3 is 152 Å². The summed E-state index contributed by atoms with van der Waals surface area (Å²) in [5.41, 5.74) is 6.26. The van der Waals surface area contributed by atoms with Gasteiger partial charge in [-0.25, -0.2) is 0 Å². The summed E-state index contributed by atoms with van der Waals surface area (Å²) in [5.74, 6) is -2.24. The Hall–Kier alpha value is -3.48. The van der Waals surface area contributed by atoms with Crippen LogP contribution >= 0.6 is 0 Å². The Balaban J connectivity index is -0.000000141. The fourth-order valence-corrected chi connectivity index (χ4v) is 8.97. The predicted molar refractivity (Wildman–Crippen MR) is 303 cm³/mol. The fraction of sp³-hybridized carbons (Fsp3) is 0.294. The summed E-state index contributed by atoms with van der Waals surface area (Å²) in [6.45, 7) is 0. The van der Waals surface area contributed by atoms with Gasteiger partial charge in [0.2, 0.25) is 0 Å². The van der Waals surface area contributed by atoms with Gasteiger partial charge in [-0.1, -0.05) is 235 Å². The van der Waals surface area contributed by atoms with Crippen LogP contribution in [0.15, 0.2) is 146 Å². The topological polar surface area (TPSA) is 575 Å². The van der Waals surface area contributed by atoms with Gasteiger partial charge in [0.25, 0.3) is 0 Å². The standard InChI is InChI=1S/C56H48O8.12CH3O.4O.7Ti/c57-49-33-9-1-10-34(49)26-36-12-3-14-38(51(36)59)28-40-16-5-18-42(53(40)61)30-44-20-7-22-46(55(44)63)32-48-24-8-23-47(56(48)64)31-45-21-6-19-43(54(45)62)29-41-17-4-15-39(52(41)60)27-37-13-2-11-35(25-33)50(37)58;12*1-2;;;;;;;;;;;/h1-24,57-64H,25-32H2;12*1H3;;;;;;;;;;;/q;12*-1;4*-2;7*+4/p-8. The summed E-state index contributed by atoms with van der Waals surface area (Å²) in [6, 6.07) is 40.6. The third-order valence-electron chi connectivity index (χ3n) is 12.5. The summed E-state index contributed by atoms with van der Waals surface area (Å²) < 4.78 is 0. The molecular formula is C68H76O24Ti7. The van der Waals surface area contributed by atoms with Crippen LogP contribution in [-0.4, -0.2) is 85.3 Å². The smallest absolute Gasteiger partial charge is 2.00 e. The number of fused-ring (bicyclic) bond motifs is 16. The summed E-state index contributed by atoms with van der Waals surface area (Å²) in [6.07, 6.45) is 0.408. The second-order valence-corrected chi connectivity index (χ2v) is 16.7. The van der Waals surface area contributed by atoms with Crippen molar-refractivity contribution >= 4 is 0 Å². The van der Waals surface area contributed by atoms with Crippen molar-refractivity contribution in [1.82, 2.24) is 0 Å². The first-order valence-electron chi connectivity index (χ1n) is 26.1. The molecule has 1 aliphatic rings. The molecule has 99 heavy (non-hydrogen) atoms. The normalized spacial score (nSPS) is 9.13. The minimum atomic E-state index is -0.280. The molecule has 31 heteroatoms. The second-order valence-electron chi connectivity index (χ2n) is 16.7. The zero-order valence-electron chi connectivity index (χ0n) is 56.8. The maximum atomic E-state index is 13.9. The van der Waals surface area contributed by atoms with Crippen molar-refractivity contribution in [2.24, 2.45) is 0 Å². The predicted octanol–water partition coefficient (Wildman–Crippen LogP) is -7.46. The van der Waals surface area contributed by atoms with E-state index in [-0.39, 0.29) is 271 Å². The number of hydrogen-bond acceptors (Lipinski definition) is 20. The number of hydrogen-bond donors (Lipinski definition) is 0. The van der Waals surface area contributed by atoms with E-state index in [0.29, 0.717) is 89.0 Å². The molecule has 0 atom stereocenters. The molecule has 520 valence electrons. The van der Waals surface area contributed by atoms with E-state index < -0.39 is 0 Å². The van der Waals surface area contributed by atoms with E-state index in [1.807, 2.05) is 0 Å². The van der Waals surface area contributed by atoms with Crippen LogP contribution in [0.2, 0.25) is 0 Å². The molecule has 0 saturated heterocycles. The Bertz CT molecular complexity index is 2360. The first kappa shape index (κ1) is 132. The summed E-state index contributed by atoms with van der Waals surface area (Å²) in [4.78, 5) is 0. The average Bonchev–Trinajstić information content (AvgIpc) is 0.824. The molecule has 0 radical (unpaired) electrons. The van der Waals surface area contributed by atoms with Crippen molar-refractivity contribution in [3.63, 3.8) is 0 Å². The van der Waals surface area contributed by atoms with Crippen LogP contribution in [0.4, 0.5) is 0 Å². The van der Waals surface area contributed by atoms with Gasteiger partial charge in [0.05, 0.1) is 0 Å². The summed E-state index contributed by atoms with van der Waals surface area (Å²) >= 11 is 0. The average molecular weight is 1610 g/mol. The van der Waals surface area contributed by atoms with Gasteiger partial charge in [0.1, 0.15) is 0 Å². The van der Waals surface area contributed by atoms with Gasteiger partial charge in [0, 0.05) is 0 Å². The molecule has 0 aromatic heterocycles. The molecule has 0 spiro atoms. The monoisotopic (exact) mass is 1610 g/mol. The van der Waals surface area contributed by atoms with Crippen molar-refractivity contribution < 1.29 is 276 Å². The molecule has 0 aliphatic heterocycles. The van der Waals surface area contributed by atoms with Gasteiger partial charge in [-0.15, -0.1) is 46.0 Å². The Kier molecular flexibility index (Phi) is 109. The van der Waals surface area contributed by atoms with Crippen molar-refractivity contribution in [1.29, 1.82) is 0 Å². The molecule has 16 bridgehead atoms. The molecule has 24 nitrogen and oxygen atoms in total. The molecule has 8 aromatic rings. The van der Waals surface area contributed by atoms with Gasteiger partial charge in [-0.3, -0.25) is 0 Å². The molecule has 0 saturated carbocycles. The van der Waals surface area contributed by atoms with E-state index in [9.17, 15) is 40.9 Å². The van der Waals surface area contributed by atoms with Crippen LogP contribution in [0.3, 0.4) is 0 Å². The molecule has 0 heterocycles. The maximum absolute atomic E-state index is 13.9. The minimum absolute atomic E-state index is 0. The maximum Gasteiger partial charge on any atom is 4.00 e. The van der Waals surface area contributed by atoms with Gasteiger partial charge < -0.3 is 124 Å². The van der Waals surface area contributed by atoms with Crippen molar-refractivity contribution in [3.05, 3.63) is 235 Å². The van der Waals surface area contributed by atoms with Crippen LogP contribution in [0, 0.1) is 0 Å². The van der Waals surface area contributed by atoms with Crippen LogP contribution in [0.25, 0.3) is 0 Å². The number of benzene rings is 8. The third-order valence-corrected chi connectivity index (χ3v) is 12.5. The molecule has 0 unspecified atom stereocenters. The molecule has 0 fully saturated rings. The van der Waals surface area contributed by atoms with Crippen LogP contribution in [-0.2, 0) is 225 Å². The van der Waals surface area contributed by atoms with Crippen LogP contribution in [0.1, 0.15) is 89.0 Å². The van der Waals surface area contributed by atoms with Gasteiger partial charge in [0.15, 0.2) is 0 Å². The number of para-hydroxylation sites is 8. The van der Waals surface area contributed by atoms with Gasteiger partial charge in [-0.2, -0.15) is 85.3 Å². The first-order valence-corrected chi connectivity index (χ1v) is 26.1. The van der Waals surface area contributed by atoms with E-state index in [1.165, 1.54) is 0 Å². The Labute approximate surface area is 686 Å². The van der Waals surface area contributed by atoms with E-state index in [4.69, 9.17) is 61.3 Å². The van der Waals surface area contributed by atoms with Crippen LogP contribution in [0.5, 0.6) is 46.0 Å². The van der Waals surface area contributed by atoms with E-state index >= 15 is 0 Å². The molecule has 9 rings (SSSR count). The zero-order valence-corrected chi connectivity index (χ0v) is 67.7. The van der Waals surface area contributed by atoms with Gasteiger partial charge in [-0.05, 0) is 51.4 Å². The third kappa shape index (κ3) is 41.0.